The van der Waals surface area contributed by atoms with Crippen molar-refractivity contribution in [3.63, 3.8) is 0 Å². The fourth-order valence-corrected chi connectivity index (χ4v) is 3.30. The van der Waals surface area contributed by atoms with Crippen LogP contribution >= 0.6 is 11.3 Å². The maximum absolute atomic E-state index is 13.6. The van der Waals surface area contributed by atoms with Gasteiger partial charge in [0.15, 0.2) is 34.4 Å². The number of anilines is 2. The number of rotatable bonds is 9. The largest absolute Gasteiger partial charge is 0.448 e. The quantitative estimate of drug-likeness (QED) is 0.312. The van der Waals surface area contributed by atoms with Crippen LogP contribution in [0.4, 0.5) is 24.0 Å². The van der Waals surface area contributed by atoms with E-state index in [2.05, 4.69) is 15.6 Å². The van der Waals surface area contributed by atoms with E-state index in [0.717, 1.165) is 11.6 Å². The van der Waals surface area contributed by atoms with Crippen molar-refractivity contribution in [2.75, 3.05) is 17.2 Å². The number of carbonyl (C=O) groups excluding carboxylic acids is 3. The minimum absolute atomic E-state index is 0.00627. The van der Waals surface area contributed by atoms with Crippen molar-refractivity contribution >= 4 is 39.9 Å². The van der Waals surface area contributed by atoms with Crippen LogP contribution in [0.2, 0.25) is 0 Å². The molecule has 0 aliphatic carbocycles. The van der Waals surface area contributed by atoms with Gasteiger partial charge in [0.05, 0.1) is 12.2 Å². The Hall–Kier alpha value is -3.93. The van der Waals surface area contributed by atoms with Gasteiger partial charge in [-0.15, -0.1) is 11.3 Å². The molecular weight excluding hydrogens is 473 g/mol. The zero-order chi connectivity index (χ0) is 24.7. The van der Waals surface area contributed by atoms with E-state index in [1.54, 1.807) is 0 Å². The zero-order valence-electron chi connectivity index (χ0n) is 17.7. The highest BCUT2D eigenvalue weighted by Gasteiger charge is 2.22. The third-order valence-corrected chi connectivity index (χ3v) is 5.19. The average Bonchev–Trinajstić information content (AvgIpc) is 3.31. The van der Waals surface area contributed by atoms with E-state index in [1.165, 1.54) is 23.6 Å². The smallest absolute Gasteiger partial charge is 0.358 e. The average molecular weight is 492 g/mol. The molecule has 8 nitrogen and oxygen atoms in total. The fourth-order valence-electron chi connectivity index (χ4n) is 2.62. The molecule has 0 fully saturated rings. The van der Waals surface area contributed by atoms with E-state index in [1.807, 2.05) is 35.6 Å². The summed E-state index contributed by atoms with van der Waals surface area (Å²) in [5.74, 6) is -7.23. The molecule has 0 aliphatic rings. The van der Waals surface area contributed by atoms with Crippen molar-refractivity contribution in [1.82, 2.24) is 10.3 Å². The minimum Gasteiger partial charge on any atom is -0.448 e. The van der Waals surface area contributed by atoms with Gasteiger partial charge in [-0.05, 0) is 24.6 Å². The molecule has 1 aromatic heterocycles. The number of nitrogens with one attached hydrogen (secondary N) is 3. The van der Waals surface area contributed by atoms with Crippen molar-refractivity contribution in [3.8, 4) is 0 Å². The van der Waals surface area contributed by atoms with Gasteiger partial charge in [0.1, 0.15) is 0 Å². The number of hydrogen-bond acceptors (Lipinski definition) is 7. The topological polar surface area (TPSA) is 109 Å². The van der Waals surface area contributed by atoms with Crippen LogP contribution in [-0.4, -0.2) is 35.4 Å². The Balaban J connectivity index is 1.45. The maximum atomic E-state index is 13.6. The number of nitrogens with zero attached hydrogens (tertiary/aromatic N) is 1. The van der Waals surface area contributed by atoms with Crippen LogP contribution in [0, 0.1) is 17.5 Å². The van der Waals surface area contributed by atoms with Crippen LogP contribution in [0.15, 0.2) is 47.8 Å². The predicted molar refractivity (Wildman–Crippen MR) is 119 cm³/mol. The first-order chi connectivity index (χ1) is 16.2. The number of thiazole rings is 1. The van der Waals surface area contributed by atoms with Gasteiger partial charge in [-0.1, -0.05) is 30.3 Å². The monoisotopic (exact) mass is 492 g/mol. The summed E-state index contributed by atoms with van der Waals surface area (Å²) in [6.07, 6.45) is -1.26. The van der Waals surface area contributed by atoms with Gasteiger partial charge in [-0.3, -0.25) is 9.59 Å². The maximum Gasteiger partial charge on any atom is 0.358 e. The molecule has 1 unspecified atom stereocenters. The van der Waals surface area contributed by atoms with Gasteiger partial charge in [0.2, 0.25) is 5.91 Å². The molecule has 2 aromatic carbocycles. The first-order valence-electron chi connectivity index (χ1n) is 9.90. The second kappa shape index (κ2) is 11.3. The molecule has 2 amide bonds. The molecule has 1 atom stereocenters. The first-order valence-corrected chi connectivity index (χ1v) is 10.8. The molecule has 12 heteroatoms. The number of hydrogen-bond donors (Lipinski definition) is 3. The van der Waals surface area contributed by atoms with Gasteiger partial charge in [0.25, 0.3) is 5.91 Å². The Morgan fingerprint density at radius 3 is 2.53 bits per heavy atom. The number of aromatic nitrogens is 1. The van der Waals surface area contributed by atoms with E-state index >= 15 is 0 Å². The Bertz CT molecular complexity index is 1190. The van der Waals surface area contributed by atoms with Crippen LogP contribution < -0.4 is 16.0 Å². The summed E-state index contributed by atoms with van der Waals surface area (Å²) in [6, 6.07) is 11.1. The summed E-state index contributed by atoms with van der Waals surface area (Å²) >= 11 is 1.19. The SMILES string of the molecule is CC(OC(=O)c1csc(NCc2ccccc2)n1)C(=O)NCC(=O)Nc1ccc(F)c(F)c1F. The lowest BCUT2D eigenvalue weighted by Crippen LogP contribution is -2.40. The Morgan fingerprint density at radius 2 is 1.79 bits per heavy atom. The number of amides is 2. The molecule has 178 valence electrons. The molecule has 1 heterocycles. The van der Waals surface area contributed by atoms with Crippen molar-refractivity contribution in [2.24, 2.45) is 0 Å². The van der Waals surface area contributed by atoms with Crippen LogP contribution in [0.25, 0.3) is 0 Å². The van der Waals surface area contributed by atoms with Gasteiger partial charge in [-0.25, -0.2) is 22.9 Å². The molecular formula is C22H19F3N4O4S. The number of benzene rings is 2. The minimum atomic E-state index is -1.73. The number of esters is 1. The van der Waals surface area contributed by atoms with Crippen molar-refractivity contribution in [2.45, 2.75) is 19.6 Å². The Labute approximate surface area is 196 Å². The van der Waals surface area contributed by atoms with E-state index in [0.29, 0.717) is 17.7 Å². The normalized spacial score (nSPS) is 11.4. The van der Waals surface area contributed by atoms with Crippen molar-refractivity contribution in [1.29, 1.82) is 0 Å². The van der Waals surface area contributed by atoms with E-state index in [4.69, 9.17) is 4.74 Å². The Kier molecular flexibility index (Phi) is 8.19. The lowest BCUT2D eigenvalue weighted by atomic mass is 10.2. The third kappa shape index (κ3) is 6.54. The molecule has 0 radical (unpaired) electrons. The highest BCUT2D eigenvalue weighted by atomic mass is 32.1. The van der Waals surface area contributed by atoms with Crippen LogP contribution in [-0.2, 0) is 20.9 Å². The second-order valence-electron chi connectivity index (χ2n) is 6.91. The molecule has 0 saturated carbocycles. The highest BCUT2D eigenvalue weighted by molar-refractivity contribution is 7.13. The number of carbonyl (C=O) groups is 3. The Morgan fingerprint density at radius 1 is 1.06 bits per heavy atom. The van der Waals surface area contributed by atoms with Crippen LogP contribution in [0.3, 0.4) is 0 Å². The molecule has 3 rings (SSSR count). The van der Waals surface area contributed by atoms with Crippen LogP contribution in [0.1, 0.15) is 23.0 Å². The molecule has 34 heavy (non-hydrogen) atoms. The lowest BCUT2D eigenvalue weighted by Gasteiger charge is -2.13. The van der Waals surface area contributed by atoms with Gasteiger partial charge in [0, 0.05) is 11.9 Å². The van der Waals surface area contributed by atoms with E-state index in [9.17, 15) is 27.6 Å². The highest BCUT2D eigenvalue weighted by Crippen LogP contribution is 2.20. The summed E-state index contributed by atoms with van der Waals surface area (Å²) in [5.41, 5.74) is 0.452. The van der Waals surface area contributed by atoms with Gasteiger partial charge < -0.3 is 20.7 Å². The van der Waals surface area contributed by atoms with Crippen molar-refractivity contribution in [3.05, 3.63) is 76.6 Å². The van der Waals surface area contributed by atoms with Crippen molar-refractivity contribution < 1.29 is 32.3 Å². The molecule has 0 bridgehead atoms. The standard InChI is InChI=1S/C22H19F3N4O4S/c1-12(20(31)26-10-17(30)28-15-8-7-14(23)18(24)19(15)25)33-21(32)16-11-34-22(29-16)27-9-13-5-3-2-4-6-13/h2-8,11-12H,9-10H2,1H3,(H,26,31)(H,27,29)(H,28,30). The number of halogens is 3. The van der Waals surface area contributed by atoms with Gasteiger partial charge >= 0.3 is 5.97 Å². The predicted octanol–water partition coefficient (Wildman–Crippen LogP) is 3.47. The molecule has 0 spiro atoms. The number of ether oxygens (including phenoxy) is 1. The summed E-state index contributed by atoms with van der Waals surface area (Å²) in [4.78, 5) is 40.4. The molecule has 3 aromatic rings. The van der Waals surface area contributed by atoms with E-state index < -0.39 is 53.6 Å². The first kappa shape index (κ1) is 24.7. The zero-order valence-corrected chi connectivity index (χ0v) is 18.5. The summed E-state index contributed by atoms with van der Waals surface area (Å²) < 4.78 is 44.8. The van der Waals surface area contributed by atoms with Gasteiger partial charge in [-0.2, -0.15) is 0 Å². The fraction of sp³-hybridized carbons (Fsp3) is 0.182. The molecule has 0 aliphatic heterocycles. The van der Waals surface area contributed by atoms with Crippen LogP contribution in [0.5, 0.6) is 0 Å². The third-order valence-electron chi connectivity index (χ3n) is 4.39. The second-order valence-corrected chi connectivity index (χ2v) is 7.77. The van der Waals surface area contributed by atoms with E-state index in [-0.39, 0.29) is 5.69 Å². The lowest BCUT2D eigenvalue weighted by molar-refractivity contribution is -0.130. The molecule has 0 saturated heterocycles. The summed E-state index contributed by atoms with van der Waals surface area (Å²) in [5, 5.41) is 9.26. The summed E-state index contributed by atoms with van der Waals surface area (Å²) in [7, 11) is 0. The summed E-state index contributed by atoms with van der Waals surface area (Å²) in [6.45, 7) is 1.18. The molecule has 3 N–H and O–H groups in total.